The lowest BCUT2D eigenvalue weighted by molar-refractivity contribution is 0.414. The molecule has 0 spiro atoms. The zero-order valence-corrected chi connectivity index (χ0v) is 13.3. The van der Waals surface area contributed by atoms with E-state index in [0.29, 0.717) is 34.4 Å². The van der Waals surface area contributed by atoms with Crippen LogP contribution >= 0.6 is 0 Å². The number of nitrogens with two attached hydrogens (primary N) is 1. The Balaban J connectivity index is 1.85. The van der Waals surface area contributed by atoms with Gasteiger partial charge in [0.1, 0.15) is 17.2 Å². The van der Waals surface area contributed by atoms with E-state index in [1.165, 1.54) is 6.39 Å². The first kappa shape index (κ1) is 14.9. The molecule has 7 heteroatoms. The molecule has 25 heavy (non-hydrogen) atoms. The summed E-state index contributed by atoms with van der Waals surface area (Å²) in [4.78, 5) is 4.38. The predicted molar refractivity (Wildman–Crippen MR) is 92.5 cm³/mol. The molecule has 0 radical (unpaired) electrons. The van der Waals surface area contributed by atoms with Gasteiger partial charge in [-0.05, 0) is 36.4 Å². The minimum atomic E-state index is 0.362. The van der Waals surface area contributed by atoms with Crippen LogP contribution in [0.5, 0.6) is 17.2 Å². The number of benzene rings is 2. The average Bonchev–Trinajstić information content (AvgIpc) is 3.17. The maximum atomic E-state index is 5.99. The molecule has 4 rings (SSSR count). The lowest BCUT2D eigenvalue weighted by atomic mass is 10.1. The molecule has 2 N–H and O–H groups in total. The summed E-state index contributed by atoms with van der Waals surface area (Å²) in [5.41, 5.74) is 7.79. The van der Waals surface area contributed by atoms with Gasteiger partial charge in [0.25, 0.3) is 5.89 Å². The van der Waals surface area contributed by atoms with Crippen molar-refractivity contribution in [2.45, 2.75) is 0 Å². The Morgan fingerprint density at radius 2 is 1.88 bits per heavy atom. The first-order chi connectivity index (χ1) is 12.2. The molecule has 0 aliphatic rings. The third-order valence-electron chi connectivity index (χ3n) is 3.72. The quantitative estimate of drug-likeness (QED) is 0.569. The molecule has 0 saturated carbocycles. The van der Waals surface area contributed by atoms with Crippen molar-refractivity contribution in [2.75, 3.05) is 12.8 Å². The van der Waals surface area contributed by atoms with Crippen LogP contribution < -0.4 is 15.2 Å². The van der Waals surface area contributed by atoms with E-state index in [2.05, 4.69) is 15.2 Å². The smallest absolute Gasteiger partial charge is 0.251 e. The molecule has 7 nitrogen and oxygen atoms in total. The van der Waals surface area contributed by atoms with Gasteiger partial charge in [0.15, 0.2) is 0 Å². The Kier molecular flexibility index (Phi) is 3.66. The molecule has 0 atom stereocenters. The average molecular weight is 334 g/mol. The van der Waals surface area contributed by atoms with Crippen molar-refractivity contribution in [3.8, 4) is 28.7 Å². The largest absolute Gasteiger partial charge is 0.496 e. The molecule has 2 aromatic carbocycles. The Morgan fingerprint density at radius 3 is 2.60 bits per heavy atom. The van der Waals surface area contributed by atoms with Gasteiger partial charge >= 0.3 is 0 Å². The Hall–Kier alpha value is -3.61. The maximum absolute atomic E-state index is 5.99. The van der Waals surface area contributed by atoms with E-state index in [1.54, 1.807) is 31.5 Å². The van der Waals surface area contributed by atoms with E-state index >= 15 is 0 Å². The Labute approximate surface area is 143 Å². The second kappa shape index (κ2) is 6.12. The number of methoxy groups -OCH3 is 1. The summed E-state index contributed by atoms with van der Waals surface area (Å²) in [6, 6.07) is 12.7. The number of rotatable bonds is 4. The van der Waals surface area contributed by atoms with Crippen LogP contribution in [0.1, 0.15) is 0 Å². The van der Waals surface area contributed by atoms with E-state index in [9.17, 15) is 0 Å². The number of hydrogen-bond acceptors (Lipinski definition) is 7. The van der Waals surface area contributed by atoms with Crippen LogP contribution in [0.25, 0.3) is 22.4 Å². The van der Waals surface area contributed by atoms with Crippen LogP contribution in [0.15, 0.2) is 59.5 Å². The van der Waals surface area contributed by atoms with Crippen LogP contribution in [-0.2, 0) is 0 Å². The lowest BCUT2D eigenvalue weighted by Crippen LogP contribution is -1.93. The fourth-order valence-electron chi connectivity index (χ4n) is 2.53. The first-order valence-corrected chi connectivity index (χ1v) is 7.51. The van der Waals surface area contributed by atoms with Crippen molar-refractivity contribution in [3.63, 3.8) is 0 Å². The minimum Gasteiger partial charge on any atom is -0.496 e. The molecular formula is C18H14N4O3. The van der Waals surface area contributed by atoms with Gasteiger partial charge in [-0.15, -0.1) is 10.2 Å². The summed E-state index contributed by atoms with van der Waals surface area (Å²) >= 11 is 0. The van der Waals surface area contributed by atoms with Crippen LogP contribution in [0, 0.1) is 0 Å². The SMILES string of the molecule is COc1cc2nccc(Oc3ccc(N)cc3)c2cc1-c1nnco1. The van der Waals surface area contributed by atoms with Gasteiger partial charge in [0.05, 0.1) is 18.2 Å². The molecule has 0 unspecified atom stereocenters. The fourth-order valence-corrected chi connectivity index (χ4v) is 2.53. The van der Waals surface area contributed by atoms with E-state index in [0.717, 1.165) is 10.9 Å². The number of anilines is 1. The van der Waals surface area contributed by atoms with Crippen LogP contribution in [-0.4, -0.2) is 22.3 Å². The van der Waals surface area contributed by atoms with Crippen molar-refractivity contribution in [1.82, 2.24) is 15.2 Å². The topological polar surface area (TPSA) is 96.3 Å². The highest BCUT2D eigenvalue weighted by atomic mass is 16.5. The molecule has 0 amide bonds. The van der Waals surface area contributed by atoms with Crippen molar-refractivity contribution >= 4 is 16.6 Å². The monoisotopic (exact) mass is 334 g/mol. The van der Waals surface area contributed by atoms with Crippen molar-refractivity contribution in [3.05, 3.63) is 55.1 Å². The highest BCUT2D eigenvalue weighted by Crippen LogP contribution is 2.37. The summed E-state index contributed by atoms with van der Waals surface area (Å²) < 4.78 is 16.7. The van der Waals surface area contributed by atoms with Gasteiger partial charge in [-0.1, -0.05) is 0 Å². The van der Waals surface area contributed by atoms with E-state index in [-0.39, 0.29) is 0 Å². The summed E-state index contributed by atoms with van der Waals surface area (Å²) in [6.07, 6.45) is 2.95. The van der Waals surface area contributed by atoms with Crippen molar-refractivity contribution in [2.24, 2.45) is 0 Å². The molecule has 124 valence electrons. The molecule has 4 aromatic rings. The van der Waals surface area contributed by atoms with Crippen molar-refractivity contribution < 1.29 is 13.9 Å². The molecule has 0 aliphatic heterocycles. The molecule has 0 aliphatic carbocycles. The molecule has 2 heterocycles. The van der Waals surface area contributed by atoms with E-state index in [1.807, 2.05) is 24.3 Å². The minimum absolute atomic E-state index is 0.362. The Bertz CT molecular complexity index is 1010. The maximum Gasteiger partial charge on any atom is 0.251 e. The van der Waals surface area contributed by atoms with Crippen molar-refractivity contribution in [1.29, 1.82) is 0 Å². The number of pyridine rings is 1. The summed E-state index contributed by atoms with van der Waals surface area (Å²) in [5, 5.41) is 8.47. The van der Waals surface area contributed by atoms with Gasteiger partial charge < -0.3 is 19.6 Å². The second-order valence-corrected chi connectivity index (χ2v) is 5.29. The zero-order chi connectivity index (χ0) is 17.2. The fraction of sp³-hybridized carbons (Fsp3) is 0.0556. The number of hydrogen-bond donors (Lipinski definition) is 1. The molecular weight excluding hydrogens is 320 g/mol. The molecule has 0 saturated heterocycles. The summed E-state index contributed by atoms with van der Waals surface area (Å²) in [6.45, 7) is 0. The molecule has 0 fully saturated rings. The highest BCUT2D eigenvalue weighted by Gasteiger charge is 2.15. The summed E-state index contributed by atoms with van der Waals surface area (Å²) in [7, 11) is 1.58. The van der Waals surface area contributed by atoms with Gasteiger partial charge in [0, 0.05) is 23.3 Å². The number of nitrogens with zero attached hydrogens (tertiary/aromatic N) is 3. The Morgan fingerprint density at radius 1 is 1.04 bits per heavy atom. The third-order valence-corrected chi connectivity index (χ3v) is 3.72. The van der Waals surface area contributed by atoms with E-state index in [4.69, 9.17) is 19.6 Å². The van der Waals surface area contributed by atoms with E-state index < -0.39 is 0 Å². The van der Waals surface area contributed by atoms with Gasteiger partial charge in [0.2, 0.25) is 6.39 Å². The van der Waals surface area contributed by atoms with Crippen LogP contribution in [0.3, 0.4) is 0 Å². The molecule has 0 bridgehead atoms. The highest BCUT2D eigenvalue weighted by molar-refractivity contribution is 5.91. The van der Waals surface area contributed by atoms with Crippen LogP contribution in [0.2, 0.25) is 0 Å². The number of nitrogen functional groups attached to an aromatic ring is 1. The normalized spacial score (nSPS) is 10.8. The standard InChI is InChI=1S/C18H14N4O3/c1-23-17-9-15-13(8-14(17)18-22-21-10-24-18)16(6-7-20-15)25-12-4-2-11(19)3-5-12/h2-10H,19H2,1H3. The number of fused-ring (bicyclic) bond motifs is 1. The number of aromatic nitrogens is 3. The lowest BCUT2D eigenvalue weighted by Gasteiger charge is -2.11. The predicted octanol–water partition coefficient (Wildman–Crippen LogP) is 3.67. The number of ether oxygens (including phenoxy) is 2. The molecule has 2 aromatic heterocycles. The van der Waals surface area contributed by atoms with Gasteiger partial charge in [-0.2, -0.15) is 0 Å². The van der Waals surface area contributed by atoms with Crippen LogP contribution in [0.4, 0.5) is 5.69 Å². The second-order valence-electron chi connectivity index (χ2n) is 5.29. The first-order valence-electron chi connectivity index (χ1n) is 7.51. The van der Waals surface area contributed by atoms with Gasteiger partial charge in [-0.25, -0.2) is 0 Å². The zero-order valence-electron chi connectivity index (χ0n) is 13.3. The third kappa shape index (κ3) is 2.83. The summed E-state index contributed by atoms with van der Waals surface area (Å²) in [5.74, 6) is 2.28. The van der Waals surface area contributed by atoms with Gasteiger partial charge in [-0.3, -0.25) is 4.98 Å².